The summed E-state index contributed by atoms with van der Waals surface area (Å²) in [6, 6.07) is 32.7. The maximum absolute atomic E-state index is 12.5. The summed E-state index contributed by atoms with van der Waals surface area (Å²) in [4.78, 5) is 15.0. The van der Waals surface area contributed by atoms with Gasteiger partial charge in [-0.25, -0.2) is 0 Å². The molecule has 0 amide bonds. The molecule has 0 spiro atoms. The van der Waals surface area contributed by atoms with Gasteiger partial charge in [0.2, 0.25) is 0 Å². The summed E-state index contributed by atoms with van der Waals surface area (Å²) in [6.45, 7) is 0. The predicted molar refractivity (Wildman–Crippen MR) is 121 cm³/mol. The highest BCUT2D eigenvalue weighted by Gasteiger charge is 2.54. The molecule has 0 unspecified atom stereocenters. The minimum Gasteiger partial charge on any atom is -0.302 e. The molecule has 0 radical (unpaired) electrons. The third-order valence-electron chi connectivity index (χ3n) is 7.25. The summed E-state index contributed by atoms with van der Waals surface area (Å²) in [5, 5.41) is 0. The van der Waals surface area contributed by atoms with Gasteiger partial charge in [0.05, 0.1) is 11.6 Å². The third kappa shape index (κ3) is 3.02. The van der Waals surface area contributed by atoms with Crippen LogP contribution in [-0.2, 0) is 10.3 Å². The molecule has 3 aromatic rings. The standard InChI is InChI=1S/C28H29NO/c30-21-26-20-22-12-10-11-19-27(22)29(26)28(23-13-4-1-5-14-23,24-15-6-2-7-16-24)25-17-8-3-9-18-25/h1-9,13-18,21-22,26-27H,10-12,19-20H2/t22-,26-,27-/m0/s1. The van der Waals surface area contributed by atoms with Gasteiger partial charge in [0.1, 0.15) is 6.29 Å². The molecule has 1 aliphatic carbocycles. The van der Waals surface area contributed by atoms with Gasteiger partial charge >= 0.3 is 0 Å². The van der Waals surface area contributed by atoms with Crippen LogP contribution in [0.25, 0.3) is 0 Å². The van der Waals surface area contributed by atoms with Crippen LogP contribution >= 0.6 is 0 Å². The Morgan fingerprint density at radius 2 is 1.17 bits per heavy atom. The van der Waals surface area contributed by atoms with E-state index in [-0.39, 0.29) is 6.04 Å². The van der Waals surface area contributed by atoms with Gasteiger partial charge < -0.3 is 4.79 Å². The van der Waals surface area contributed by atoms with Crippen LogP contribution in [0.5, 0.6) is 0 Å². The van der Waals surface area contributed by atoms with Crippen LogP contribution in [0.4, 0.5) is 0 Å². The molecular formula is C28H29NO. The molecule has 3 aromatic carbocycles. The first-order valence-electron chi connectivity index (χ1n) is 11.3. The molecule has 1 aliphatic heterocycles. The minimum absolute atomic E-state index is 0.0706. The smallest absolute Gasteiger partial charge is 0.137 e. The zero-order valence-corrected chi connectivity index (χ0v) is 17.4. The number of carbonyl (C=O) groups excluding carboxylic acids is 1. The average Bonchev–Trinajstić information content (AvgIpc) is 3.21. The van der Waals surface area contributed by atoms with E-state index < -0.39 is 5.54 Å². The summed E-state index contributed by atoms with van der Waals surface area (Å²) < 4.78 is 0. The number of rotatable bonds is 5. The zero-order chi connectivity index (χ0) is 20.4. The Morgan fingerprint density at radius 3 is 1.63 bits per heavy atom. The Hall–Kier alpha value is -2.71. The molecule has 3 atom stereocenters. The predicted octanol–water partition coefficient (Wildman–Crippen LogP) is 5.81. The summed E-state index contributed by atoms with van der Waals surface area (Å²) in [7, 11) is 0. The second-order valence-electron chi connectivity index (χ2n) is 8.77. The number of hydrogen-bond acceptors (Lipinski definition) is 2. The number of carbonyl (C=O) groups is 1. The van der Waals surface area contributed by atoms with E-state index >= 15 is 0 Å². The fraction of sp³-hybridized carbons (Fsp3) is 0.321. The quantitative estimate of drug-likeness (QED) is 0.401. The van der Waals surface area contributed by atoms with Gasteiger partial charge in [-0.15, -0.1) is 0 Å². The lowest BCUT2D eigenvalue weighted by atomic mass is 9.73. The van der Waals surface area contributed by atoms with Crippen molar-refractivity contribution in [2.24, 2.45) is 5.92 Å². The second-order valence-corrected chi connectivity index (χ2v) is 8.77. The van der Waals surface area contributed by atoms with Gasteiger partial charge in [-0.1, -0.05) is 104 Å². The number of hydrogen-bond donors (Lipinski definition) is 0. The van der Waals surface area contributed by atoms with Crippen molar-refractivity contribution in [3.8, 4) is 0 Å². The molecule has 5 rings (SSSR count). The lowest BCUT2D eigenvalue weighted by molar-refractivity contribution is -0.113. The van der Waals surface area contributed by atoms with Crippen molar-refractivity contribution in [1.82, 2.24) is 4.90 Å². The van der Waals surface area contributed by atoms with Gasteiger partial charge in [0, 0.05) is 6.04 Å². The summed E-state index contributed by atoms with van der Waals surface area (Å²) >= 11 is 0. The Labute approximate surface area is 179 Å². The average molecular weight is 396 g/mol. The van der Waals surface area contributed by atoms with Crippen molar-refractivity contribution in [3.63, 3.8) is 0 Å². The maximum Gasteiger partial charge on any atom is 0.137 e. The fourth-order valence-electron chi connectivity index (χ4n) is 6.10. The monoisotopic (exact) mass is 395 g/mol. The molecule has 1 heterocycles. The largest absolute Gasteiger partial charge is 0.302 e. The SMILES string of the molecule is O=C[C@@H]1C[C@@H]2CCCC[C@@H]2N1C(c1ccccc1)(c1ccccc1)c1ccccc1. The Bertz CT molecular complexity index is 873. The molecule has 2 nitrogen and oxygen atoms in total. The molecule has 0 bridgehead atoms. The van der Waals surface area contributed by atoms with Crippen LogP contribution in [-0.4, -0.2) is 23.3 Å². The van der Waals surface area contributed by atoms with Crippen molar-refractivity contribution in [3.05, 3.63) is 108 Å². The van der Waals surface area contributed by atoms with Gasteiger partial charge in [0.25, 0.3) is 0 Å². The van der Waals surface area contributed by atoms with E-state index in [2.05, 4.69) is 95.9 Å². The van der Waals surface area contributed by atoms with Crippen molar-refractivity contribution in [2.75, 3.05) is 0 Å². The van der Waals surface area contributed by atoms with E-state index in [1.165, 1.54) is 48.7 Å². The first kappa shape index (κ1) is 19.3. The Morgan fingerprint density at radius 1 is 0.700 bits per heavy atom. The number of aldehydes is 1. The highest BCUT2D eigenvalue weighted by atomic mass is 16.1. The molecule has 2 heteroatoms. The number of nitrogens with zero attached hydrogens (tertiary/aromatic N) is 1. The van der Waals surface area contributed by atoms with Crippen molar-refractivity contribution < 1.29 is 4.79 Å². The highest BCUT2D eigenvalue weighted by molar-refractivity contribution is 5.61. The number of fused-ring (bicyclic) bond motifs is 1. The molecule has 2 aliphatic rings. The summed E-state index contributed by atoms with van der Waals surface area (Å²) in [5.41, 5.74) is 3.23. The maximum atomic E-state index is 12.5. The lowest BCUT2D eigenvalue weighted by Gasteiger charge is -2.49. The van der Waals surface area contributed by atoms with E-state index in [1.807, 2.05) is 0 Å². The summed E-state index contributed by atoms with van der Waals surface area (Å²) in [6.07, 6.45) is 7.13. The normalized spacial score (nSPS) is 24.3. The van der Waals surface area contributed by atoms with E-state index in [9.17, 15) is 4.79 Å². The molecular weight excluding hydrogens is 366 g/mol. The Balaban J connectivity index is 1.83. The van der Waals surface area contributed by atoms with Gasteiger partial charge in [0.15, 0.2) is 0 Å². The van der Waals surface area contributed by atoms with Gasteiger partial charge in [-0.3, -0.25) is 4.90 Å². The van der Waals surface area contributed by atoms with E-state index in [0.29, 0.717) is 12.0 Å². The van der Waals surface area contributed by atoms with E-state index in [1.54, 1.807) is 0 Å². The first-order chi connectivity index (χ1) is 14.9. The molecule has 1 saturated carbocycles. The topological polar surface area (TPSA) is 20.3 Å². The molecule has 0 N–H and O–H groups in total. The van der Waals surface area contributed by atoms with Crippen molar-refractivity contribution >= 4 is 6.29 Å². The molecule has 1 saturated heterocycles. The fourth-order valence-corrected chi connectivity index (χ4v) is 6.10. The summed E-state index contributed by atoms with van der Waals surface area (Å²) in [5.74, 6) is 0.601. The van der Waals surface area contributed by atoms with Crippen molar-refractivity contribution in [1.29, 1.82) is 0 Å². The molecule has 2 fully saturated rings. The molecule has 152 valence electrons. The van der Waals surface area contributed by atoms with Crippen LogP contribution < -0.4 is 0 Å². The molecule has 30 heavy (non-hydrogen) atoms. The van der Waals surface area contributed by atoms with E-state index in [0.717, 1.165) is 6.42 Å². The van der Waals surface area contributed by atoms with Crippen LogP contribution in [0.15, 0.2) is 91.0 Å². The Kier molecular flexibility index (Phi) is 5.26. The van der Waals surface area contributed by atoms with Crippen LogP contribution in [0.1, 0.15) is 48.8 Å². The minimum atomic E-state index is -0.480. The van der Waals surface area contributed by atoms with Crippen molar-refractivity contribution in [2.45, 2.75) is 49.7 Å². The molecule has 0 aromatic heterocycles. The van der Waals surface area contributed by atoms with Crippen LogP contribution in [0, 0.1) is 5.92 Å². The van der Waals surface area contributed by atoms with Crippen LogP contribution in [0.3, 0.4) is 0 Å². The van der Waals surface area contributed by atoms with Gasteiger partial charge in [-0.05, 0) is 41.9 Å². The number of likely N-dealkylation sites (tertiary alicyclic amines) is 1. The van der Waals surface area contributed by atoms with Gasteiger partial charge in [-0.2, -0.15) is 0 Å². The lowest BCUT2D eigenvalue weighted by Crippen LogP contribution is -2.55. The van der Waals surface area contributed by atoms with E-state index in [4.69, 9.17) is 0 Å². The first-order valence-corrected chi connectivity index (χ1v) is 11.3. The number of benzene rings is 3. The highest BCUT2D eigenvalue weighted by Crippen LogP contribution is 2.51. The zero-order valence-electron chi connectivity index (χ0n) is 17.4. The second kappa shape index (κ2) is 8.20. The third-order valence-corrected chi connectivity index (χ3v) is 7.25. The van der Waals surface area contributed by atoms with Crippen LogP contribution in [0.2, 0.25) is 0 Å².